The number of hydrogen-bond acceptors (Lipinski definition) is 16. The average Bonchev–Trinajstić information content (AvgIpc) is 1.22. The number of phenols is 1. The highest BCUT2D eigenvalue weighted by molar-refractivity contribution is 7.10. The molecule has 3 N–H and O–H groups in total. The van der Waals surface area contributed by atoms with Gasteiger partial charge in [0.2, 0.25) is 29.6 Å². The van der Waals surface area contributed by atoms with Crippen molar-refractivity contribution in [3.05, 3.63) is 100 Å². The third-order valence-electron chi connectivity index (χ3n) is 16.5. The minimum absolute atomic E-state index is 0.00695. The third kappa shape index (κ3) is 15.8. The molecule has 2 saturated heterocycles. The number of rotatable bonds is 24. The summed E-state index contributed by atoms with van der Waals surface area (Å²) in [4.78, 5) is 89.4. The number of fused-ring (bicyclic) bond motifs is 2. The summed E-state index contributed by atoms with van der Waals surface area (Å²) < 4.78 is 55.1. The molecule has 6 aromatic rings. The van der Waals surface area contributed by atoms with Crippen LogP contribution in [-0.4, -0.2) is 180 Å². The van der Waals surface area contributed by atoms with Gasteiger partial charge in [-0.25, -0.2) is 23.5 Å². The molecule has 0 bridgehead atoms. The van der Waals surface area contributed by atoms with E-state index in [9.17, 15) is 29.1 Å². The zero-order chi connectivity index (χ0) is 63.5. The van der Waals surface area contributed by atoms with Crippen LogP contribution in [0.3, 0.4) is 0 Å². The highest BCUT2D eigenvalue weighted by Gasteiger charge is 2.41. The number of carbonyl (C=O) groups excluding carboxylic acids is 5. The fraction of sp³-hybridized carbons (Fsp3) is 0.477. The van der Waals surface area contributed by atoms with Crippen molar-refractivity contribution in [2.24, 2.45) is 5.92 Å². The molecule has 24 heteroatoms. The molecule has 20 nitrogen and oxygen atoms in total. The molecule has 2 aliphatic heterocycles. The van der Waals surface area contributed by atoms with Gasteiger partial charge in [0.25, 0.3) is 0 Å². The van der Waals surface area contributed by atoms with Crippen molar-refractivity contribution in [1.82, 2.24) is 39.9 Å². The second kappa shape index (κ2) is 29.7. The Bertz CT molecular complexity index is 3520. The van der Waals surface area contributed by atoms with Gasteiger partial charge in [0.05, 0.1) is 48.7 Å². The molecule has 3 aliphatic rings. The average molecular weight is 1270 g/mol. The Morgan fingerprint density at radius 2 is 1.57 bits per heavy atom. The maximum atomic E-state index is 16.6. The van der Waals surface area contributed by atoms with E-state index in [4.69, 9.17) is 40.5 Å². The molecule has 4 aromatic carbocycles. The van der Waals surface area contributed by atoms with Gasteiger partial charge in [0.15, 0.2) is 5.82 Å². The molecule has 3 atom stereocenters. The normalized spacial score (nSPS) is 16.3. The number of phenolic OH excluding ortho intramolecular Hbond substituents is 1. The zero-order valence-corrected chi connectivity index (χ0v) is 52.9. The number of anilines is 2. The molecular formula is C65H79ClF2N10O10S. The first kappa shape index (κ1) is 65.7. The first-order valence-corrected chi connectivity index (χ1v) is 31.6. The summed E-state index contributed by atoms with van der Waals surface area (Å²) in [6.45, 7) is 14.3. The van der Waals surface area contributed by atoms with Crippen LogP contribution in [0.25, 0.3) is 44.1 Å². The van der Waals surface area contributed by atoms with Crippen LogP contribution in [0.5, 0.6) is 11.5 Å². The van der Waals surface area contributed by atoms with Crippen LogP contribution in [0.15, 0.2) is 78.7 Å². The molecule has 1 saturated carbocycles. The number of nitrogens with one attached hydrogen (secondary N) is 2. The third-order valence-corrected chi connectivity index (χ3v) is 17.7. The van der Waals surface area contributed by atoms with E-state index in [0.29, 0.717) is 64.0 Å². The number of benzene rings is 4. The number of halogens is 3. The smallest absolute Gasteiger partial charge is 0.410 e. The van der Waals surface area contributed by atoms with E-state index >= 15 is 8.78 Å². The highest BCUT2D eigenvalue weighted by atomic mass is 35.5. The van der Waals surface area contributed by atoms with Gasteiger partial charge in [-0.05, 0) is 101 Å². The van der Waals surface area contributed by atoms with Crippen molar-refractivity contribution in [2.75, 3.05) is 103 Å². The predicted octanol–water partition coefficient (Wildman–Crippen LogP) is 10.4. The molecule has 3 fully saturated rings. The zero-order valence-electron chi connectivity index (χ0n) is 51.3. The van der Waals surface area contributed by atoms with Gasteiger partial charge < -0.3 is 54.3 Å². The van der Waals surface area contributed by atoms with Crippen molar-refractivity contribution >= 4 is 86.1 Å². The van der Waals surface area contributed by atoms with Crippen LogP contribution in [0.4, 0.5) is 25.3 Å². The van der Waals surface area contributed by atoms with Crippen LogP contribution in [-0.2, 0) is 33.4 Å². The van der Waals surface area contributed by atoms with Gasteiger partial charge in [0.1, 0.15) is 58.0 Å². The van der Waals surface area contributed by atoms with E-state index in [2.05, 4.69) is 22.2 Å². The first-order valence-electron chi connectivity index (χ1n) is 30.4. The number of thiazole rings is 1. The van der Waals surface area contributed by atoms with E-state index in [-0.39, 0.29) is 89.9 Å². The van der Waals surface area contributed by atoms with Crippen LogP contribution in [0.2, 0.25) is 5.02 Å². The SMILES string of the molecule is C=CC(=O)N1CCN(c2nc(NCCC(=O)N(C)CCOCCOCCOc3ccc(-c4csc([C@@H]5CCCN5C(=O)C(NC(=O)C(C)N(C)C(=O)OC(C)(C)C)C5CCCCC5)n4)c4ccccc34)nc3c(F)c(-c4c(O)cccc4F)c(Cl)cc23)CC1. The molecule has 89 heavy (non-hydrogen) atoms. The summed E-state index contributed by atoms with van der Waals surface area (Å²) in [5.74, 6) is -2.27. The number of likely N-dealkylation sites (tertiary alicyclic amines) is 1. The number of aromatic hydroxyl groups is 1. The summed E-state index contributed by atoms with van der Waals surface area (Å²) in [6.07, 6.45) is 6.96. The molecule has 2 unspecified atom stereocenters. The summed E-state index contributed by atoms with van der Waals surface area (Å²) in [5.41, 5.74) is 0.0442. The number of amides is 5. The van der Waals surface area contributed by atoms with Gasteiger partial charge in [-0.2, -0.15) is 4.98 Å². The van der Waals surface area contributed by atoms with Crippen molar-refractivity contribution in [2.45, 2.75) is 103 Å². The number of nitrogens with zero attached hydrogens (tertiary/aromatic N) is 8. The Morgan fingerprint density at radius 3 is 2.29 bits per heavy atom. The van der Waals surface area contributed by atoms with Crippen molar-refractivity contribution in [1.29, 1.82) is 0 Å². The van der Waals surface area contributed by atoms with E-state index in [1.807, 2.05) is 51.6 Å². The number of aromatic nitrogens is 3. The summed E-state index contributed by atoms with van der Waals surface area (Å²) in [6, 6.07) is 15.1. The minimum Gasteiger partial charge on any atom is -0.507 e. The van der Waals surface area contributed by atoms with Gasteiger partial charge in [-0.15, -0.1) is 11.3 Å². The largest absolute Gasteiger partial charge is 0.507 e. The molecule has 1 aliphatic carbocycles. The number of hydrogen-bond donors (Lipinski definition) is 3. The predicted molar refractivity (Wildman–Crippen MR) is 339 cm³/mol. The topological polar surface area (TPSA) is 221 Å². The van der Waals surface area contributed by atoms with Crippen molar-refractivity contribution in [3.63, 3.8) is 0 Å². The fourth-order valence-corrected chi connectivity index (χ4v) is 12.8. The lowest BCUT2D eigenvalue weighted by Crippen LogP contribution is -2.56. The van der Waals surface area contributed by atoms with Crippen molar-refractivity contribution < 1.29 is 56.8 Å². The maximum Gasteiger partial charge on any atom is 0.410 e. The van der Waals surface area contributed by atoms with Gasteiger partial charge in [-0.1, -0.05) is 67.8 Å². The summed E-state index contributed by atoms with van der Waals surface area (Å²) >= 11 is 8.13. The highest BCUT2D eigenvalue weighted by Crippen LogP contribution is 2.44. The fourth-order valence-electron chi connectivity index (χ4n) is 11.5. The lowest BCUT2D eigenvalue weighted by Gasteiger charge is -2.36. The molecule has 9 rings (SSSR count). The molecule has 2 aromatic heterocycles. The Morgan fingerprint density at radius 1 is 0.854 bits per heavy atom. The maximum absolute atomic E-state index is 16.6. The van der Waals surface area contributed by atoms with Crippen molar-refractivity contribution in [3.8, 4) is 33.9 Å². The quantitative estimate of drug-likeness (QED) is 0.0379. The summed E-state index contributed by atoms with van der Waals surface area (Å²) in [5, 5.41) is 21.5. The van der Waals surface area contributed by atoms with Crippen LogP contribution in [0, 0.1) is 17.6 Å². The number of ether oxygens (including phenoxy) is 4. The van der Waals surface area contributed by atoms with Crippen LogP contribution >= 0.6 is 22.9 Å². The van der Waals surface area contributed by atoms with Gasteiger partial charge in [0, 0.05) is 93.6 Å². The second-order valence-electron chi connectivity index (χ2n) is 23.6. The lowest BCUT2D eigenvalue weighted by molar-refractivity contribution is -0.140. The minimum atomic E-state index is -0.968. The Labute approximate surface area is 526 Å². The van der Waals surface area contributed by atoms with Gasteiger partial charge >= 0.3 is 6.09 Å². The number of piperazine rings is 1. The van der Waals surface area contributed by atoms with Crippen LogP contribution in [0.1, 0.15) is 90.1 Å². The summed E-state index contributed by atoms with van der Waals surface area (Å²) in [7, 11) is 3.20. The second-order valence-corrected chi connectivity index (χ2v) is 24.9. The van der Waals surface area contributed by atoms with Gasteiger partial charge in [-0.3, -0.25) is 24.1 Å². The molecular weight excluding hydrogens is 1190 g/mol. The number of likely N-dealkylation sites (N-methyl/N-ethyl adjacent to an activating group) is 2. The standard InChI is InChI=1S/C65H79ClF2N10O10S/c1-8-52(80)76-28-30-77(31-29-76)59-45-38-46(66)54(55-47(67)20-14-22-50(55)79)56(68)58(45)72-63(73-59)69-26-25-53(81)74(6)32-33-85-34-35-86-36-37-87-51-24-23-43(42-18-12-13-19-44(42)51)48-39-89-61(70-48)49-21-15-27-78(49)62(83)57(41-16-10-9-11-17-41)71-60(82)40(2)75(7)64(84)88-65(3,4)5/h8,12-14,18-20,22-24,38-41,49,57,79H,1,9-11,15-17,21,25-37H2,2-7H3,(H,71,82)(H,69,72,73)/t40?,49-,57?/m0/s1. The van der Waals surface area contributed by atoms with E-state index in [1.165, 1.54) is 52.5 Å². The first-order chi connectivity index (χ1) is 42.7. The Hall–Kier alpha value is -7.73. The van der Waals surface area contributed by atoms with E-state index < -0.39 is 52.6 Å². The Balaban J connectivity index is 0.734. The molecule has 0 spiro atoms. The number of carbonyl (C=O) groups is 5. The lowest BCUT2D eigenvalue weighted by atomic mass is 9.83. The molecule has 476 valence electrons. The van der Waals surface area contributed by atoms with E-state index in [1.54, 1.807) is 39.6 Å². The molecule has 4 heterocycles. The monoisotopic (exact) mass is 1260 g/mol. The Kier molecular flexibility index (Phi) is 21.9. The molecule has 5 amide bonds. The van der Waals surface area contributed by atoms with E-state index in [0.717, 1.165) is 78.0 Å². The molecule has 0 radical (unpaired) electrons. The van der Waals surface area contributed by atoms with Crippen LogP contribution < -0.4 is 20.3 Å².